The lowest BCUT2D eigenvalue weighted by molar-refractivity contribution is -0.139. The molecule has 190 valence electrons. The minimum atomic E-state index is -0.784. The molecule has 0 spiro atoms. The largest absolute Gasteiger partial charge is 0.493 e. The summed E-state index contributed by atoms with van der Waals surface area (Å²) in [5.41, 5.74) is 1.10. The van der Waals surface area contributed by atoms with E-state index in [4.69, 9.17) is 23.7 Å². The minimum Gasteiger partial charge on any atom is -0.493 e. The van der Waals surface area contributed by atoms with E-state index in [2.05, 4.69) is 0 Å². The van der Waals surface area contributed by atoms with Crippen LogP contribution in [0.2, 0.25) is 0 Å². The zero-order chi connectivity index (χ0) is 26.2. The van der Waals surface area contributed by atoms with E-state index in [1.807, 2.05) is 6.07 Å². The molecular formula is C27H29NO8. The fourth-order valence-electron chi connectivity index (χ4n) is 3.90. The highest BCUT2D eigenvalue weighted by atomic mass is 16.5. The topological polar surface area (TPSA) is 101 Å². The summed E-state index contributed by atoms with van der Waals surface area (Å²) in [5.74, 6) is -1.73. The number of hydrogen-bond acceptors (Lipinski definition) is 8. The Morgan fingerprint density at radius 3 is 1.69 bits per heavy atom. The van der Waals surface area contributed by atoms with E-state index in [0.717, 1.165) is 0 Å². The van der Waals surface area contributed by atoms with Crippen molar-refractivity contribution >= 4 is 17.8 Å². The van der Waals surface area contributed by atoms with Crippen LogP contribution in [0.4, 0.5) is 0 Å². The molecule has 1 amide bonds. The van der Waals surface area contributed by atoms with E-state index in [-0.39, 0.29) is 41.4 Å². The molecule has 0 saturated heterocycles. The van der Waals surface area contributed by atoms with Gasteiger partial charge >= 0.3 is 11.9 Å². The van der Waals surface area contributed by atoms with Crippen molar-refractivity contribution in [1.82, 2.24) is 4.90 Å². The third kappa shape index (κ3) is 5.35. The Bertz CT molecular complexity index is 1120. The quantitative estimate of drug-likeness (QED) is 0.484. The van der Waals surface area contributed by atoms with Crippen LogP contribution in [-0.4, -0.2) is 57.3 Å². The van der Waals surface area contributed by atoms with Crippen molar-refractivity contribution in [2.75, 3.05) is 34.5 Å². The maximum Gasteiger partial charge on any atom is 0.336 e. The first-order valence-electron chi connectivity index (χ1n) is 11.3. The Morgan fingerprint density at radius 1 is 0.778 bits per heavy atom. The molecule has 0 atom stereocenters. The molecular weight excluding hydrogens is 466 g/mol. The summed E-state index contributed by atoms with van der Waals surface area (Å²) in [7, 11) is 4.34. The van der Waals surface area contributed by atoms with Crippen LogP contribution in [0.25, 0.3) is 0 Å². The Hall–Kier alpha value is -4.27. The highest BCUT2D eigenvalue weighted by Gasteiger charge is 2.37. The van der Waals surface area contributed by atoms with Gasteiger partial charge in [-0.2, -0.15) is 0 Å². The Morgan fingerprint density at radius 2 is 1.28 bits per heavy atom. The number of ether oxygens (including phenoxy) is 5. The van der Waals surface area contributed by atoms with Gasteiger partial charge in [0.15, 0.2) is 11.5 Å². The lowest BCUT2D eigenvalue weighted by atomic mass is 9.83. The van der Waals surface area contributed by atoms with Gasteiger partial charge in [-0.1, -0.05) is 30.3 Å². The molecule has 0 aromatic heterocycles. The molecule has 1 heterocycles. The third-order valence-electron chi connectivity index (χ3n) is 5.48. The van der Waals surface area contributed by atoms with Crippen LogP contribution >= 0.6 is 0 Å². The van der Waals surface area contributed by atoms with Gasteiger partial charge in [0.2, 0.25) is 5.75 Å². The number of nitrogens with zero attached hydrogens (tertiary/aromatic N) is 1. The third-order valence-corrected chi connectivity index (χ3v) is 5.48. The maximum atomic E-state index is 13.6. The van der Waals surface area contributed by atoms with Crippen LogP contribution in [0, 0.1) is 0 Å². The molecule has 0 saturated carbocycles. The first-order valence-corrected chi connectivity index (χ1v) is 11.3. The summed E-state index contributed by atoms with van der Waals surface area (Å²) >= 11 is 0. The Balaban J connectivity index is 2.17. The molecule has 9 nitrogen and oxygen atoms in total. The fraction of sp³-hybridized carbons (Fsp3) is 0.296. The van der Waals surface area contributed by atoms with Gasteiger partial charge in [0.25, 0.3) is 5.91 Å². The molecule has 9 heteroatoms. The van der Waals surface area contributed by atoms with Crippen molar-refractivity contribution in [3.8, 4) is 17.2 Å². The van der Waals surface area contributed by atoms with Crippen molar-refractivity contribution < 1.29 is 38.1 Å². The molecule has 2 aromatic carbocycles. The monoisotopic (exact) mass is 495 g/mol. The van der Waals surface area contributed by atoms with Gasteiger partial charge in [-0.15, -0.1) is 0 Å². The highest BCUT2D eigenvalue weighted by molar-refractivity contribution is 6.03. The molecule has 2 aromatic rings. The Kier molecular flexibility index (Phi) is 8.72. The SMILES string of the molecule is CCOC(=O)C1=CN(C(=O)c2cc(OC)c(OC)c(OC)c2)C=C(C(=O)OCC)C1c1ccccc1. The molecule has 0 bridgehead atoms. The van der Waals surface area contributed by atoms with E-state index in [9.17, 15) is 14.4 Å². The maximum absolute atomic E-state index is 13.6. The molecule has 0 unspecified atom stereocenters. The number of carbonyl (C=O) groups excluding carboxylic acids is 3. The van der Waals surface area contributed by atoms with Crippen molar-refractivity contribution in [2.45, 2.75) is 19.8 Å². The van der Waals surface area contributed by atoms with E-state index >= 15 is 0 Å². The van der Waals surface area contributed by atoms with Crippen LogP contribution in [0.3, 0.4) is 0 Å². The van der Waals surface area contributed by atoms with Gasteiger partial charge in [0.1, 0.15) is 0 Å². The molecule has 3 rings (SSSR count). The van der Waals surface area contributed by atoms with E-state index < -0.39 is 23.8 Å². The molecule has 36 heavy (non-hydrogen) atoms. The zero-order valence-corrected chi connectivity index (χ0v) is 20.9. The van der Waals surface area contributed by atoms with E-state index in [1.54, 1.807) is 38.1 Å². The van der Waals surface area contributed by atoms with Gasteiger partial charge < -0.3 is 23.7 Å². The summed E-state index contributed by atoms with van der Waals surface area (Å²) in [4.78, 5) is 40.8. The molecule has 1 aliphatic heterocycles. The molecule has 0 aliphatic carbocycles. The van der Waals surface area contributed by atoms with Gasteiger partial charge in [-0.05, 0) is 31.5 Å². The number of rotatable bonds is 9. The number of benzene rings is 2. The molecule has 1 aliphatic rings. The van der Waals surface area contributed by atoms with E-state index in [0.29, 0.717) is 11.3 Å². The normalized spacial score (nSPS) is 13.3. The first kappa shape index (κ1) is 26.3. The number of amides is 1. The average Bonchev–Trinajstić information content (AvgIpc) is 2.91. The lowest BCUT2D eigenvalue weighted by Crippen LogP contribution is -2.32. The fourth-order valence-corrected chi connectivity index (χ4v) is 3.90. The van der Waals surface area contributed by atoms with Crippen LogP contribution < -0.4 is 14.2 Å². The predicted molar refractivity (Wildman–Crippen MR) is 131 cm³/mol. The van der Waals surface area contributed by atoms with Gasteiger partial charge in [0, 0.05) is 18.0 Å². The Labute approximate surface area is 209 Å². The number of methoxy groups -OCH3 is 3. The van der Waals surface area contributed by atoms with Crippen LogP contribution in [0.5, 0.6) is 17.2 Å². The predicted octanol–water partition coefficient (Wildman–Crippen LogP) is 3.85. The second kappa shape index (κ2) is 11.9. The minimum absolute atomic E-state index is 0.120. The number of esters is 2. The van der Waals surface area contributed by atoms with Crippen molar-refractivity contribution in [3.63, 3.8) is 0 Å². The molecule has 0 N–H and O–H groups in total. The van der Waals surface area contributed by atoms with Crippen molar-refractivity contribution in [3.05, 3.63) is 77.1 Å². The smallest absolute Gasteiger partial charge is 0.336 e. The number of carbonyl (C=O) groups is 3. The lowest BCUT2D eigenvalue weighted by Gasteiger charge is -2.29. The summed E-state index contributed by atoms with van der Waals surface area (Å²) in [6, 6.07) is 12.0. The second-order valence-corrected chi connectivity index (χ2v) is 7.58. The van der Waals surface area contributed by atoms with Gasteiger partial charge in [0.05, 0.1) is 51.6 Å². The highest BCUT2D eigenvalue weighted by Crippen LogP contribution is 2.40. The zero-order valence-electron chi connectivity index (χ0n) is 20.9. The van der Waals surface area contributed by atoms with Crippen LogP contribution in [-0.2, 0) is 19.1 Å². The van der Waals surface area contributed by atoms with Crippen LogP contribution in [0.1, 0.15) is 35.7 Å². The summed E-state index contributed by atoms with van der Waals surface area (Å²) in [6.45, 7) is 3.60. The van der Waals surface area contributed by atoms with Crippen LogP contribution in [0.15, 0.2) is 66.0 Å². The second-order valence-electron chi connectivity index (χ2n) is 7.58. The summed E-state index contributed by atoms with van der Waals surface area (Å²) in [6.07, 6.45) is 2.76. The van der Waals surface area contributed by atoms with Gasteiger partial charge in [-0.25, -0.2) is 9.59 Å². The molecule has 0 fully saturated rings. The van der Waals surface area contributed by atoms with Gasteiger partial charge in [-0.3, -0.25) is 9.69 Å². The van der Waals surface area contributed by atoms with Crippen molar-refractivity contribution in [1.29, 1.82) is 0 Å². The summed E-state index contributed by atoms with van der Waals surface area (Å²) < 4.78 is 26.6. The number of hydrogen-bond donors (Lipinski definition) is 0. The first-order chi connectivity index (χ1) is 17.4. The average molecular weight is 496 g/mol. The standard InChI is InChI=1S/C27H29NO8/c1-6-35-26(30)19-15-28(25(29)18-13-21(32-3)24(34-5)22(14-18)33-4)16-20(27(31)36-7-2)23(19)17-11-9-8-10-12-17/h8-16,23H,6-7H2,1-5H3. The van der Waals surface area contributed by atoms with E-state index in [1.165, 1.54) is 50.8 Å². The summed E-state index contributed by atoms with van der Waals surface area (Å²) in [5, 5.41) is 0. The molecule has 0 radical (unpaired) electrons. The van der Waals surface area contributed by atoms with Crippen molar-refractivity contribution in [2.24, 2.45) is 0 Å².